The molecule has 2 atom stereocenters. The van der Waals surface area contributed by atoms with Crippen LogP contribution in [-0.4, -0.2) is 37.0 Å². The molecule has 1 saturated heterocycles. The molecule has 2 unspecified atom stereocenters. The molecule has 146 valence electrons. The number of aryl methyl sites for hydroxylation is 1. The van der Waals surface area contributed by atoms with Crippen molar-refractivity contribution in [1.29, 1.82) is 0 Å². The molecule has 2 aromatic rings. The van der Waals surface area contributed by atoms with Crippen molar-refractivity contribution in [3.05, 3.63) is 39.7 Å². The van der Waals surface area contributed by atoms with Gasteiger partial charge in [0.25, 0.3) is 0 Å². The zero-order chi connectivity index (χ0) is 19.6. The number of benzene rings is 1. The van der Waals surface area contributed by atoms with Crippen LogP contribution < -0.4 is 16.1 Å². The highest BCUT2D eigenvalue weighted by Gasteiger charge is 2.28. The maximum absolute atomic E-state index is 12.7. The molecule has 1 amide bonds. The van der Waals surface area contributed by atoms with E-state index in [4.69, 9.17) is 14.9 Å². The van der Waals surface area contributed by atoms with E-state index in [1.165, 1.54) is 0 Å². The Morgan fingerprint density at radius 1 is 1.41 bits per heavy atom. The van der Waals surface area contributed by atoms with Gasteiger partial charge in [0, 0.05) is 42.6 Å². The fourth-order valence-electron chi connectivity index (χ4n) is 3.97. The van der Waals surface area contributed by atoms with Crippen LogP contribution in [0.2, 0.25) is 0 Å². The summed E-state index contributed by atoms with van der Waals surface area (Å²) >= 11 is 0. The summed E-state index contributed by atoms with van der Waals surface area (Å²) in [6.07, 6.45) is 2.61. The lowest BCUT2D eigenvalue weighted by Gasteiger charge is -2.38. The molecule has 0 spiro atoms. The minimum absolute atomic E-state index is 0.0611. The predicted molar refractivity (Wildman–Crippen MR) is 105 cm³/mol. The smallest absolute Gasteiger partial charge is 0.339 e. The first-order valence-electron chi connectivity index (χ1n) is 9.54. The third-order valence-corrected chi connectivity index (χ3v) is 5.65. The number of methoxy groups -OCH3 is 1. The monoisotopic (exact) mass is 372 g/mol. The van der Waals surface area contributed by atoms with Crippen molar-refractivity contribution in [3.8, 4) is 5.75 Å². The first-order chi connectivity index (χ1) is 12.9. The third kappa shape index (κ3) is 4.00. The largest absolute Gasteiger partial charge is 0.497 e. The molecule has 1 fully saturated rings. The molecule has 0 saturated carbocycles. The average Bonchev–Trinajstić information content (AvgIpc) is 2.66. The second kappa shape index (κ2) is 8.13. The molecule has 2 N–H and O–H groups in total. The van der Waals surface area contributed by atoms with Crippen molar-refractivity contribution in [2.45, 2.75) is 45.6 Å². The van der Waals surface area contributed by atoms with Crippen molar-refractivity contribution >= 4 is 16.9 Å². The second-order valence-corrected chi connectivity index (χ2v) is 7.46. The summed E-state index contributed by atoms with van der Waals surface area (Å²) in [6, 6.07) is 5.53. The van der Waals surface area contributed by atoms with Crippen LogP contribution in [0.25, 0.3) is 11.0 Å². The first-order valence-corrected chi connectivity index (χ1v) is 9.54. The molecular formula is C21H28N2O4. The summed E-state index contributed by atoms with van der Waals surface area (Å²) in [4.78, 5) is 27.1. The quantitative estimate of drug-likeness (QED) is 0.816. The van der Waals surface area contributed by atoms with Crippen molar-refractivity contribution in [3.63, 3.8) is 0 Å². The molecule has 2 heterocycles. The number of fused-ring (bicyclic) bond motifs is 1. The van der Waals surface area contributed by atoms with Gasteiger partial charge < -0.3 is 19.8 Å². The summed E-state index contributed by atoms with van der Waals surface area (Å²) in [5.74, 6) is 1.29. The minimum atomic E-state index is -0.385. The van der Waals surface area contributed by atoms with Gasteiger partial charge in [-0.15, -0.1) is 0 Å². The molecule has 1 aromatic heterocycles. The van der Waals surface area contributed by atoms with Crippen molar-refractivity contribution < 1.29 is 13.9 Å². The van der Waals surface area contributed by atoms with E-state index in [9.17, 15) is 9.59 Å². The van der Waals surface area contributed by atoms with Gasteiger partial charge in [0.1, 0.15) is 11.3 Å². The Bertz CT molecular complexity index is 890. The summed E-state index contributed by atoms with van der Waals surface area (Å²) in [5.41, 5.74) is 7.41. The lowest BCUT2D eigenvalue weighted by molar-refractivity contribution is -0.135. The lowest BCUT2D eigenvalue weighted by atomic mass is 9.92. The maximum atomic E-state index is 12.7. The SMILES string of the molecule is COc1ccc2c(C)c(CCC(=O)N3CCC(C)CC3CN)c(=O)oc2c1. The Hall–Kier alpha value is -2.34. The van der Waals surface area contributed by atoms with E-state index in [1.54, 1.807) is 13.2 Å². The Kier molecular flexibility index (Phi) is 5.85. The van der Waals surface area contributed by atoms with Crippen LogP contribution >= 0.6 is 0 Å². The minimum Gasteiger partial charge on any atom is -0.497 e. The number of hydrogen-bond donors (Lipinski definition) is 1. The van der Waals surface area contributed by atoms with E-state index in [2.05, 4.69) is 6.92 Å². The molecule has 6 nitrogen and oxygen atoms in total. The van der Waals surface area contributed by atoms with Crippen molar-refractivity contribution in [1.82, 2.24) is 4.90 Å². The van der Waals surface area contributed by atoms with Gasteiger partial charge in [-0.2, -0.15) is 0 Å². The highest BCUT2D eigenvalue weighted by molar-refractivity contribution is 5.83. The van der Waals surface area contributed by atoms with Gasteiger partial charge in [0.15, 0.2) is 0 Å². The van der Waals surface area contributed by atoms with Gasteiger partial charge in [0.05, 0.1) is 7.11 Å². The number of piperidine rings is 1. The van der Waals surface area contributed by atoms with Gasteiger partial charge in [-0.25, -0.2) is 4.79 Å². The molecule has 1 aliphatic rings. The third-order valence-electron chi connectivity index (χ3n) is 5.65. The number of hydrogen-bond acceptors (Lipinski definition) is 5. The number of rotatable bonds is 5. The number of nitrogens with two attached hydrogens (primary N) is 1. The molecule has 0 aliphatic carbocycles. The molecule has 27 heavy (non-hydrogen) atoms. The zero-order valence-electron chi connectivity index (χ0n) is 16.3. The van der Waals surface area contributed by atoms with Gasteiger partial charge >= 0.3 is 5.63 Å². The Labute approximate surface area is 159 Å². The number of carbonyl (C=O) groups is 1. The van der Waals surface area contributed by atoms with E-state index in [1.807, 2.05) is 24.0 Å². The van der Waals surface area contributed by atoms with Crippen LogP contribution in [-0.2, 0) is 11.2 Å². The highest BCUT2D eigenvalue weighted by atomic mass is 16.5. The molecular weight excluding hydrogens is 344 g/mol. The molecule has 0 bridgehead atoms. The van der Waals surface area contributed by atoms with E-state index >= 15 is 0 Å². The van der Waals surface area contributed by atoms with E-state index in [-0.39, 0.29) is 24.0 Å². The van der Waals surface area contributed by atoms with Crippen molar-refractivity contribution in [2.24, 2.45) is 11.7 Å². The molecule has 1 aliphatic heterocycles. The molecule has 0 radical (unpaired) electrons. The lowest BCUT2D eigenvalue weighted by Crippen LogP contribution is -2.49. The summed E-state index contributed by atoms with van der Waals surface area (Å²) in [6.45, 7) is 5.32. The van der Waals surface area contributed by atoms with Crippen LogP contribution in [0.1, 0.15) is 37.3 Å². The number of nitrogens with zero attached hydrogens (tertiary/aromatic N) is 1. The maximum Gasteiger partial charge on any atom is 0.339 e. The van der Waals surface area contributed by atoms with E-state index in [0.717, 1.165) is 30.3 Å². The van der Waals surface area contributed by atoms with Gasteiger partial charge in [-0.1, -0.05) is 6.92 Å². The topological polar surface area (TPSA) is 85.8 Å². The van der Waals surface area contributed by atoms with Gasteiger partial charge in [-0.3, -0.25) is 4.79 Å². The Balaban J connectivity index is 1.78. The van der Waals surface area contributed by atoms with Crippen molar-refractivity contribution in [2.75, 3.05) is 20.2 Å². The number of carbonyl (C=O) groups excluding carboxylic acids is 1. The summed E-state index contributed by atoms with van der Waals surface area (Å²) < 4.78 is 10.7. The zero-order valence-corrected chi connectivity index (χ0v) is 16.3. The standard InChI is InChI=1S/C21H28N2O4/c1-13-8-9-23(15(10-13)12-22)20(24)7-6-18-14(2)17-5-4-16(26-3)11-19(17)27-21(18)25/h4-5,11,13,15H,6-10,12,22H2,1-3H3. The van der Waals surface area contributed by atoms with Crippen LogP contribution in [0.3, 0.4) is 0 Å². The normalized spacial score (nSPS) is 20.1. The van der Waals surface area contributed by atoms with Crippen LogP contribution in [0.15, 0.2) is 27.4 Å². The molecule has 6 heteroatoms. The second-order valence-electron chi connectivity index (χ2n) is 7.46. The van der Waals surface area contributed by atoms with E-state index in [0.29, 0.717) is 35.8 Å². The molecule has 1 aromatic carbocycles. The fourth-order valence-corrected chi connectivity index (χ4v) is 3.97. The molecule has 3 rings (SSSR count). The van der Waals surface area contributed by atoms with Crippen LogP contribution in [0.5, 0.6) is 5.75 Å². The summed E-state index contributed by atoms with van der Waals surface area (Å²) in [7, 11) is 1.57. The van der Waals surface area contributed by atoms with E-state index < -0.39 is 0 Å². The number of amides is 1. The van der Waals surface area contributed by atoms with Gasteiger partial charge in [-0.05, 0) is 49.8 Å². The van der Waals surface area contributed by atoms with Gasteiger partial charge in [0.2, 0.25) is 5.91 Å². The Morgan fingerprint density at radius 3 is 2.89 bits per heavy atom. The predicted octanol–water partition coefficient (Wildman–Crippen LogP) is 2.63. The highest BCUT2D eigenvalue weighted by Crippen LogP contribution is 2.26. The summed E-state index contributed by atoms with van der Waals surface area (Å²) in [5, 5.41) is 0.865. The van der Waals surface area contributed by atoms with Crippen LogP contribution in [0.4, 0.5) is 0 Å². The number of likely N-dealkylation sites (tertiary alicyclic amines) is 1. The van der Waals surface area contributed by atoms with Crippen LogP contribution in [0, 0.1) is 12.8 Å². The average molecular weight is 372 g/mol. The number of ether oxygens (including phenoxy) is 1. The first kappa shape index (κ1) is 19.4. The fraction of sp³-hybridized carbons (Fsp3) is 0.524. The Morgan fingerprint density at radius 2 is 2.19 bits per heavy atom.